The van der Waals surface area contributed by atoms with Gasteiger partial charge >= 0.3 is 0 Å². The monoisotopic (exact) mass is 203 g/mol. The Bertz CT molecular complexity index is 360. The number of hydrogen-bond acceptors (Lipinski definition) is 2. The van der Waals surface area contributed by atoms with Crippen LogP contribution in [0.15, 0.2) is 30.3 Å². The zero-order valence-electron chi connectivity index (χ0n) is 9.07. The summed E-state index contributed by atoms with van der Waals surface area (Å²) in [6.45, 7) is 1.98. The Morgan fingerprint density at radius 1 is 1.33 bits per heavy atom. The van der Waals surface area contributed by atoms with Crippen molar-refractivity contribution in [2.45, 2.75) is 37.6 Å². The molecule has 0 aromatic heterocycles. The number of carbonyl (C=O) groups is 1. The molecule has 2 unspecified atom stereocenters. The number of benzene rings is 1. The van der Waals surface area contributed by atoms with Gasteiger partial charge < -0.3 is 5.73 Å². The molecule has 1 fully saturated rings. The first-order valence-electron chi connectivity index (χ1n) is 5.50. The Morgan fingerprint density at radius 2 is 2.00 bits per heavy atom. The molecule has 0 spiro atoms. The second-order valence-electron chi connectivity index (χ2n) is 4.49. The minimum Gasteiger partial charge on any atom is -0.326 e. The average Bonchev–Trinajstić information content (AvgIpc) is 2.27. The largest absolute Gasteiger partial charge is 0.326 e. The number of hydrogen-bond donors (Lipinski definition) is 1. The molecule has 0 aliphatic heterocycles. The van der Waals surface area contributed by atoms with Crippen LogP contribution in [0, 0.1) is 0 Å². The SMILES string of the molecule is CC1(c2ccccc2)C(=O)CCCC1N. The highest BCUT2D eigenvalue weighted by molar-refractivity contribution is 5.91. The van der Waals surface area contributed by atoms with Crippen molar-refractivity contribution in [2.24, 2.45) is 5.73 Å². The fraction of sp³-hybridized carbons (Fsp3) is 0.462. The molecule has 0 saturated heterocycles. The van der Waals surface area contributed by atoms with Crippen LogP contribution in [0.5, 0.6) is 0 Å². The van der Waals surface area contributed by atoms with E-state index >= 15 is 0 Å². The Labute approximate surface area is 90.5 Å². The molecule has 80 valence electrons. The van der Waals surface area contributed by atoms with Crippen molar-refractivity contribution < 1.29 is 4.79 Å². The van der Waals surface area contributed by atoms with E-state index < -0.39 is 5.41 Å². The highest BCUT2D eigenvalue weighted by atomic mass is 16.1. The third-order valence-corrected chi connectivity index (χ3v) is 3.61. The first-order chi connectivity index (χ1) is 7.15. The van der Waals surface area contributed by atoms with Crippen LogP contribution in [0.2, 0.25) is 0 Å². The highest BCUT2D eigenvalue weighted by Gasteiger charge is 2.42. The van der Waals surface area contributed by atoms with Crippen molar-refractivity contribution in [3.63, 3.8) is 0 Å². The smallest absolute Gasteiger partial charge is 0.144 e. The van der Waals surface area contributed by atoms with Gasteiger partial charge in [-0.2, -0.15) is 0 Å². The number of nitrogens with two attached hydrogens (primary N) is 1. The summed E-state index contributed by atoms with van der Waals surface area (Å²) in [5.41, 5.74) is 6.70. The molecule has 0 radical (unpaired) electrons. The molecule has 2 nitrogen and oxygen atoms in total. The molecule has 1 aromatic rings. The van der Waals surface area contributed by atoms with Gasteiger partial charge in [0.05, 0.1) is 5.41 Å². The van der Waals surface area contributed by atoms with Crippen LogP contribution in [0.3, 0.4) is 0 Å². The molecule has 0 amide bonds. The third-order valence-electron chi connectivity index (χ3n) is 3.61. The quantitative estimate of drug-likeness (QED) is 0.758. The first kappa shape index (κ1) is 10.4. The maximum Gasteiger partial charge on any atom is 0.144 e. The lowest BCUT2D eigenvalue weighted by atomic mass is 9.67. The summed E-state index contributed by atoms with van der Waals surface area (Å²) in [6.07, 6.45) is 2.54. The molecule has 1 saturated carbocycles. The fourth-order valence-electron chi connectivity index (χ4n) is 2.40. The van der Waals surface area contributed by atoms with Crippen LogP contribution in [0.4, 0.5) is 0 Å². The van der Waals surface area contributed by atoms with Gasteiger partial charge in [0.25, 0.3) is 0 Å². The topological polar surface area (TPSA) is 43.1 Å². The standard InChI is InChI=1S/C13H17NO/c1-13(10-6-3-2-4-7-10)11(14)8-5-9-12(13)15/h2-4,6-7,11H,5,8-9,14H2,1H3. The summed E-state index contributed by atoms with van der Waals surface area (Å²) < 4.78 is 0. The van der Waals surface area contributed by atoms with Gasteiger partial charge in [-0.1, -0.05) is 30.3 Å². The summed E-state index contributed by atoms with van der Waals surface area (Å²) in [4.78, 5) is 12.0. The Morgan fingerprint density at radius 3 is 2.60 bits per heavy atom. The summed E-state index contributed by atoms with van der Waals surface area (Å²) >= 11 is 0. The molecule has 1 aromatic carbocycles. The van der Waals surface area contributed by atoms with E-state index in [4.69, 9.17) is 5.73 Å². The molecule has 2 rings (SSSR count). The van der Waals surface area contributed by atoms with Crippen molar-refractivity contribution in [1.82, 2.24) is 0 Å². The Kier molecular flexibility index (Phi) is 2.61. The molecule has 1 aliphatic rings. The van der Waals surface area contributed by atoms with Gasteiger partial charge in [0.1, 0.15) is 5.78 Å². The van der Waals surface area contributed by atoms with Crippen molar-refractivity contribution in [3.05, 3.63) is 35.9 Å². The first-order valence-corrected chi connectivity index (χ1v) is 5.50. The van der Waals surface area contributed by atoms with Crippen LogP contribution >= 0.6 is 0 Å². The third kappa shape index (κ3) is 1.59. The Hall–Kier alpha value is -1.15. The normalized spacial score (nSPS) is 31.6. The highest BCUT2D eigenvalue weighted by Crippen LogP contribution is 2.35. The van der Waals surface area contributed by atoms with Gasteiger partial charge in [0.2, 0.25) is 0 Å². The predicted octanol–water partition coefficient (Wildman–Crippen LogP) is 2.02. The molecular weight excluding hydrogens is 186 g/mol. The van der Waals surface area contributed by atoms with Crippen molar-refractivity contribution in [3.8, 4) is 0 Å². The van der Waals surface area contributed by atoms with Gasteiger partial charge in [0, 0.05) is 12.5 Å². The summed E-state index contributed by atoms with van der Waals surface area (Å²) in [5.74, 6) is 0.285. The second-order valence-corrected chi connectivity index (χ2v) is 4.49. The van der Waals surface area contributed by atoms with Gasteiger partial charge in [-0.05, 0) is 25.3 Å². The van der Waals surface area contributed by atoms with Crippen molar-refractivity contribution >= 4 is 5.78 Å². The average molecular weight is 203 g/mol. The molecule has 0 bridgehead atoms. The van der Waals surface area contributed by atoms with Gasteiger partial charge in [-0.3, -0.25) is 4.79 Å². The van der Waals surface area contributed by atoms with E-state index in [0.29, 0.717) is 6.42 Å². The lowest BCUT2D eigenvalue weighted by Crippen LogP contribution is -2.51. The fourth-order valence-corrected chi connectivity index (χ4v) is 2.40. The molecule has 1 aliphatic carbocycles. The van der Waals surface area contributed by atoms with Crippen molar-refractivity contribution in [2.75, 3.05) is 0 Å². The maximum atomic E-state index is 12.0. The minimum absolute atomic E-state index is 0.0406. The van der Waals surface area contributed by atoms with Gasteiger partial charge in [0.15, 0.2) is 0 Å². The summed E-state index contributed by atoms with van der Waals surface area (Å²) in [5, 5.41) is 0. The van der Waals surface area contributed by atoms with Crippen LogP contribution in [0.25, 0.3) is 0 Å². The molecule has 2 heteroatoms. The number of rotatable bonds is 1. The summed E-state index contributed by atoms with van der Waals surface area (Å²) in [7, 11) is 0. The van der Waals surface area contributed by atoms with E-state index in [1.165, 1.54) is 0 Å². The van der Waals surface area contributed by atoms with E-state index in [-0.39, 0.29) is 11.8 Å². The second kappa shape index (κ2) is 3.78. The van der Waals surface area contributed by atoms with Crippen LogP contribution < -0.4 is 5.73 Å². The zero-order valence-corrected chi connectivity index (χ0v) is 9.07. The molecule has 0 heterocycles. The zero-order chi connectivity index (χ0) is 10.9. The minimum atomic E-state index is -0.473. The van der Waals surface area contributed by atoms with Gasteiger partial charge in [-0.25, -0.2) is 0 Å². The van der Waals surface area contributed by atoms with Crippen LogP contribution in [-0.2, 0) is 10.2 Å². The number of ketones is 1. The van der Waals surface area contributed by atoms with E-state index in [0.717, 1.165) is 18.4 Å². The lowest BCUT2D eigenvalue weighted by Gasteiger charge is -2.38. The Balaban J connectivity index is 2.43. The summed E-state index contributed by atoms with van der Waals surface area (Å²) in [6, 6.07) is 9.86. The number of carbonyl (C=O) groups excluding carboxylic acids is 1. The van der Waals surface area contributed by atoms with E-state index in [2.05, 4.69) is 0 Å². The van der Waals surface area contributed by atoms with Gasteiger partial charge in [-0.15, -0.1) is 0 Å². The molecule has 2 N–H and O–H groups in total. The van der Waals surface area contributed by atoms with Crippen molar-refractivity contribution in [1.29, 1.82) is 0 Å². The molecule has 15 heavy (non-hydrogen) atoms. The lowest BCUT2D eigenvalue weighted by molar-refractivity contribution is -0.126. The molecule has 2 atom stereocenters. The predicted molar refractivity (Wildman–Crippen MR) is 60.6 cm³/mol. The van der Waals surface area contributed by atoms with Crippen LogP contribution in [-0.4, -0.2) is 11.8 Å². The van der Waals surface area contributed by atoms with E-state index in [1.54, 1.807) is 0 Å². The number of Topliss-reactive ketones (excluding diaryl/α,β-unsaturated/α-hetero) is 1. The van der Waals surface area contributed by atoms with E-state index in [9.17, 15) is 4.79 Å². The van der Waals surface area contributed by atoms with Crippen LogP contribution in [0.1, 0.15) is 31.7 Å². The molecular formula is C13H17NO. The van der Waals surface area contributed by atoms with E-state index in [1.807, 2.05) is 37.3 Å². The maximum absolute atomic E-state index is 12.0.